The lowest BCUT2D eigenvalue weighted by atomic mass is 9.95. The molecule has 1 aromatic carbocycles. The molecule has 0 radical (unpaired) electrons. The topological polar surface area (TPSA) is 65.5 Å². The summed E-state index contributed by atoms with van der Waals surface area (Å²) in [5.74, 6) is 1.23. The number of piperazine rings is 1. The Hall–Kier alpha value is -3.19. The molecule has 7 nitrogen and oxygen atoms in total. The first-order valence-electron chi connectivity index (χ1n) is 11.5. The number of carbonyl (C=O) groups excluding carboxylic acids is 1. The van der Waals surface area contributed by atoms with E-state index in [2.05, 4.69) is 25.0 Å². The summed E-state index contributed by atoms with van der Waals surface area (Å²) in [6.45, 7) is 4.74. The van der Waals surface area contributed by atoms with Gasteiger partial charge in [-0.25, -0.2) is 0 Å². The number of carbonyl (C=O) groups is 1. The van der Waals surface area contributed by atoms with Gasteiger partial charge in [0.2, 0.25) is 5.91 Å². The van der Waals surface area contributed by atoms with Gasteiger partial charge in [-0.15, -0.1) is 10.2 Å². The van der Waals surface area contributed by atoms with E-state index < -0.39 is 0 Å². The van der Waals surface area contributed by atoms with Crippen LogP contribution < -0.4 is 9.80 Å². The predicted molar refractivity (Wildman–Crippen MR) is 130 cm³/mol. The first kappa shape index (κ1) is 21.6. The van der Waals surface area contributed by atoms with Crippen LogP contribution >= 0.6 is 11.6 Å². The van der Waals surface area contributed by atoms with Crippen molar-refractivity contribution in [3.63, 3.8) is 0 Å². The number of rotatable bonds is 4. The number of piperidine rings is 1. The van der Waals surface area contributed by atoms with Crippen molar-refractivity contribution >= 4 is 29.0 Å². The molecule has 4 heterocycles. The van der Waals surface area contributed by atoms with Gasteiger partial charge in [0.15, 0.2) is 5.82 Å². The largest absolute Gasteiger partial charge is 0.367 e. The molecule has 33 heavy (non-hydrogen) atoms. The third-order valence-corrected chi connectivity index (χ3v) is 6.88. The lowest BCUT2D eigenvalue weighted by Gasteiger charge is -2.39. The number of amides is 1. The number of aromatic nitrogens is 3. The summed E-state index contributed by atoms with van der Waals surface area (Å²) in [5.41, 5.74) is 2.82. The second kappa shape index (κ2) is 9.75. The van der Waals surface area contributed by atoms with Crippen LogP contribution in [0.3, 0.4) is 0 Å². The Labute approximate surface area is 199 Å². The highest BCUT2D eigenvalue weighted by atomic mass is 35.5. The predicted octanol–water partition coefficient (Wildman–Crippen LogP) is 3.76. The first-order valence-corrected chi connectivity index (χ1v) is 11.8. The number of hydrogen-bond donors (Lipinski definition) is 0. The van der Waals surface area contributed by atoms with Crippen LogP contribution in [0.5, 0.6) is 0 Å². The van der Waals surface area contributed by atoms with Crippen LogP contribution in [0.4, 0.5) is 11.5 Å². The van der Waals surface area contributed by atoms with Crippen LogP contribution in [0.2, 0.25) is 5.02 Å². The van der Waals surface area contributed by atoms with Crippen molar-refractivity contribution in [2.75, 3.05) is 49.1 Å². The summed E-state index contributed by atoms with van der Waals surface area (Å²) in [5, 5.41) is 9.55. The summed E-state index contributed by atoms with van der Waals surface area (Å²) in [6.07, 6.45) is 5.22. The molecule has 2 fully saturated rings. The first-order chi connectivity index (χ1) is 16.2. The standard InChI is InChI=1S/C25H27ClN6O/c26-21-5-1-2-6-23(21)30-14-16-32(17-15-30)25(33)19-9-12-31(13-10-19)24-8-7-22(28-29-24)20-4-3-11-27-18-20/h1-8,11,18-19H,9-10,12-17H2. The highest BCUT2D eigenvalue weighted by Gasteiger charge is 2.31. The van der Waals surface area contributed by atoms with E-state index in [1.165, 1.54) is 0 Å². The second-order valence-corrected chi connectivity index (χ2v) is 8.95. The quantitative estimate of drug-likeness (QED) is 0.588. The molecule has 0 unspecified atom stereocenters. The lowest BCUT2D eigenvalue weighted by molar-refractivity contribution is -0.136. The van der Waals surface area contributed by atoms with Crippen molar-refractivity contribution < 1.29 is 4.79 Å². The monoisotopic (exact) mass is 462 g/mol. The van der Waals surface area contributed by atoms with E-state index in [9.17, 15) is 4.79 Å². The fourth-order valence-electron chi connectivity index (χ4n) is 4.65. The van der Waals surface area contributed by atoms with Gasteiger partial charge in [-0.1, -0.05) is 23.7 Å². The van der Waals surface area contributed by atoms with Gasteiger partial charge in [0.05, 0.1) is 16.4 Å². The zero-order valence-corrected chi connectivity index (χ0v) is 19.2. The van der Waals surface area contributed by atoms with E-state index in [0.29, 0.717) is 0 Å². The van der Waals surface area contributed by atoms with Crippen molar-refractivity contribution in [2.45, 2.75) is 12.8 Å². The molecule has 0 spiro atoms. The smallest absolute Gasteiger partial charge is 0.225 e. The Morgan fingerprint density at radius 1 is 0.848 bits per heavy atom. The molecular weight excluding hydrogens is 436 g/mol. The van der Waals surface area contributed by atoms with E-state index in [4.69, 9.17) is 11.6 Å². The van der Waals surface area contributed by atoms with E-state index in [-0.39, 0.29) is 11.8 Å². The molecular formula is C25H27ClN6O. The summed E-state index contributed by atoms with van der Waals surface area (Å²) < 4.78 is 0. The van der Waals surface area contributed by atoms with Crippen LogP contribution in [-0.2, 0) is 4.79 Å². The van der Waals surface area contributed by atoms with Gasteiger partial charge < -0.3 is 14.7 Å². The number of benzene rings is 1. The van der Waals surface area contributed by atoms with Crippen LogP contribution in [0, 0.1) is 5.92 Å². The average Bonchev–Trinajstić information content (AvgIpc) is 2.89. The molecule has 1 amide bonds. The fourth-order valence-corrected chi connectivity index (χ4v) is 4.91. The van der Waals surface area contributed by atoms with E-state index >= 15 is 0 Å². The fraction of sp³-hybridized carbons (Fsp3) is 0.360. The van der Waals surface area contributed by atoms with Crippen LogP contribution in [0.15, 0.2) is 60.9 Å². The zero-order chi connectivity index (χ0) is 22.6. The summed E-state index contributed by atoms with van der Waals surface area (Å²) in [4.78, 5) is 23.8. The van der Waals surface area contributed by atoms with Gasteiger partial charge >= 0.3 is 0 Å². The molecule has 3 aromatic rings. The molecule has 170 valence electrons. The van der Waals surface area contributed by atoms with Crippen molar-refractivity contribution in [1.29, 1.82) is 0 Å². The Morgan fingerprint density at radius 2 is 1.64 bits per heavy atom. The number of nitrogens with zero attached hydrogens (tertiary/aromatic N) is 6. The van der Waals surface area contributed by atoms with E-state index in [1.807, 2.05) is 53.4 Å². The van der Waals surface area contributed by atoms with Gasteiger partial charge in [-0.05, 0) is 49.2 Å². The molecule has 2 aromatic heterocycles. The highest BCUT2D eigenvalue weighted by molar-refractivity contribution is 6.33. The van der Waals surface area contributed by atoms with E-state index in [0.717, 1.165) is 79.9 Å². The number of halogens is 1. The second-order valence-electron chi connectivity index (χ2n) is 8.54. The molecule has 0 N–H and O–H groups in total. The lowest BCUT2D eigenvalue weighted by Crippen LogP contribution is -2.51. The SMILES string of the molecule is O=C(C1CCN(c2ccc(-c3cccnc3)nn2)CC1)N1CCN(c2ccccc2Cl)CC1. The van der Waals surface area contributed by atoms with Crippen LogP contribution in [0.25, 0.3) is 11.3 Å². The van der Waals surface area contributed by atoms with Crippen LogP contribution in [0.1, 0.15) is 12.8 Å². The maximum absolute atomic E-state index is 13.1. The number of pyridine rings is 1. The Morgan fingerprint density at radius 3 is 2.30 bits per heavy atom. The molecule has 5 rings (SSSR count). The average molecular weight is 463 g/mol. The zero-order valence-electron chi connectivity index (χ0n) is 18.5. The molecule has 2 aliphatic rings. The molecule has 0 saturated carbocycles. The third kappa shape index (κ3) is 4.78. The van der Waals surface area contributed by atoms with Gasteiger partial charge in [-0.2, -0.15) is 0 Å². The maximum atomic E-state index is 13.1. The Bertz CT molecular complexity index is 1080. The molecule has 2 saturated heterocycles. The van der Waals surface area contributed by atoms with Crippen molar-refractivity contribution in [3.05, 3.63) is 65.9 Å². The minimum Gasteiger partial charge on any atom is -0.367 e. The number of anilines is 2. The van der Waals surface area contributed by atoms with Gasteiger partial charge in [-0.3, -0.25) is 9.78 Å². The van der Waals surface area contributed by atoms with E-state index in [1.54, 1.807) is 12.4 Å². The Kier molecular flexibility index (Phi) is 6.39. The molecule has 2 aliphatic heterocycles. The molecule has 0 aliphatic carbocycles. The summed E-state index contributed by atoms with van der Waals surface area (Å²) >= 11 is 6.34. The minimum absolute atomic E-state index is 0.0794. The van der Waals surface area contributed by atoms with Crippen LogP contribution in [-0.4, -0.2) is 65.3 Å². The summed E-state index contributed by atoms with van der Waals surface area (Å²) in [6, 6.07) is 15.8. The molecule has 0 atom stereocenters. The van der Waals surface area contributed by atoms with Crippen molar-refractivity contribution in [1.82, 2.24) is 20.1 Å². The maximum Gasteiger partial charge on any atom is 0.225 e. The third-order valence-electron chi connectivity index (χ3n) is 6.56. The Balaban J connectivity index is 1.13. The summed E-state index contributed by atoms with van der Waals surface area (Å²) in [7, 11) is 0. The van der Waals surface area contributed by atoms with Gasteiger partial charge in [0, 0.05) is 63.1 Å². The molecule has 0 bridgehead atoms. The molecule has 8 heteroatoms. The highest BCUT2D eigenvalue weighted by Crippen LogP contribution is 2.28. The van der Waals surface area contributed by atoms with Crippen molar-refractivity contribution in [2.24, 2.45) is 5.92 Å². The minimum atomic E-state index is 0.0794. The number of para-hydroxylation sites is 1. The van der Waals surface area contributed by atoms with Crippen molar-refractivity contribution in [3.8, 4) is 11.3 Å². The normalized spacial score (nSPS) is 17.3. The number of hydrogen-bond acceptors (Lipinski definition) is 6. The van der Waals surface area contributed by atoms with Gasteiger partial charge in [0.1, 0.15) is 0 Å². The van der Waals surface area contributed by atoms with Gasteiger partial charge in [0.25, 0.3) is 0 Å².